The highest BCUT2D eigenvalue weighted by atomic mass is 14.6. The van der Waals surface area contributed by atoms with Gasteiger partial charge in [0.05, 0.1) is 0 Å². The number of hydrogen-bond acceptors (Lipinski definition) is 1. The van der Waals surface area contributed by atoms with Crippen molar-refractivity contribution in [2.24, 2.45) is 11.7 Å². The van der Waals surface area contributed by atoms with Crippen LogP contribution in [-0.2, 0) is 0 Å². The van der Waals surface area contributed by atoms with Crippen molar-refractivity contribution in [1.29, 1.82) is 0 Å². The lowest BCUT2D eigenvalue weighted by atomic mass is 9.95. The molecule has 0 saturated heterocycles. The molecule has 0 radical (unpaired) electrons. The van der Waals surface area contributed by atoms with E-state index in [1.807, 2.05) is 6.08 Å². The fourth-order valence-corrected chi connectivity index (χ4v) is 1.27. The lowest BCUT2D eigenvalue weighted by molar-refractivity contribution is 0.581. The van der Waals surface area contributed by atoms with Crippen LogP contribution in [0.2, 0.25) is 0 Å². The summed E-state index contributed by atoms with van der Waals surface area (Å²) in [6.45, 7) is 2.22. The van der Waals surface area contributed by atoms with Crippen molar-refractivity contribution >= 4 is 0 Å². The minimum atomic E-state index is 0.747. The normalized spacial score (nSPS) is 24.5. The van der Waals surface area contributed by atoms with Gasteiger partial charge in [0, 0.05) is 5.70 Å². The first-order valence-electron chi connectivity index (χ1n) is 3.96. The molecule has 0 amide bonds. The quantitative estimate of drug-likeness (QED) is 0.620. The van der Waals surface area contributed by atoms with E-state index in [4.69, 9.17) is 5.73 Å². The molecule has 56 valence electrons. The van der Waals surface area contributed by atoms with E-state index in [-0.39, 0.29) is 0 Å². The molecule has 0 aromatic carbocycles. The van der Waals surface area contributed by atoms with Crippen LogP contribution in [0.15, 0.2) is 23.9 Å². The second-order valence-corrected chi connectivity index (χ2v) is 2.85. The Kier molecular flexibility index (Phi) is 2.55. The zero-order valence-electron chi connectivity index (χ0n) is 6.51. The largest absolute Gasteiger partial charge is 0.399 e. The van der Waals surface area contributed by atoms with E-state index in [0.29, 0.717) is 0 Å². The molecule has 0 fully saturated rings. The summed E-state index contributed by atoms with van der Waals surface area (Å²) >= 11 is 0. The van der Waals surface area contributed by atoms with Gasteiger partial charge in [-0.1, -0.05) is 25.5 Å². The molecule has 0 aromatic rings. The van der Waals surface area contributed by atoms with Crippen molar-refractivity contribution in [3.63, 3.8) is 0 Å². The van der Waals surface area contributed by atoms with E-state index in [0.717, 1.165) is 18.0 Å². The first-order valence-corrected chi connectivity index (χ1v) is 3.96. The van der Waals surface area contributed by atoms with Gasteiger partial charge in [-0.05, 0) is 24.8 Å². The summed E-state index contributed by atoms with van der Waals surface area (Å²) < 4.78 is 0. The zero-order chi connectivity index (χ0) is 7.40. The van der Waals surface area contributed by atoms with Crippen LogP contribution in [0, 0.1) is 5.92 Å². The summed E-state index contributed by atoms with van der Waals surface area (Å²) in [5, 5.41) is 0. The highest BCUT2D eigenvalue weighted by Gasteiger charge is 2.04. The first kappa shape index (κ1) is 7.39. The molecular weight excluding hydrogens is 122 g/mol. The van der Waals surface area contributed by atoms with Gasteiger partial charge in [-0.3, -0.25) is 0 Å². The monoisotopic (exact) mass is 137 g/mol. The van der Waals surface area contributed by atoms with Crippen molar-refractivity contribution in [3.8, 4) is 0 Å². The zero-order valence-corrected chi connectivity index (χ0v) is 6.51. The maximum atomic E-state index is 5.57. The predicted octanol–water partition coefficient (Wildman–Crippen LogP) is 2.21. The maximum absolute atomic E-state index is 5.57. The van der Waals surface area contributed by atoms with E-state index >= 15 is 0 Å². The van der Waals surface area contributed by atoms with Gasteiger partial charge in [0.2, 0.25) is 0 Å². The number of hydrogen-bond donors (Lipinski definition) is 1. The van der Waals surface area contributed by atoms with E-state index < -0.39 is 0 Å². The summed E-state index contributed by atoms with van der Waals surface area (Å²) in [6, 6.07) is 0. The van der Waals surface area contributed by atoms with E-state index in [2.05, 4.69) is 19.1 Å². The van der Waals surface area contributed by atoms with Gasteiger partial charge >= 0.3 is 0 Å². The Morgan fingerprint density at radius 2 is 2.50 bits per heavy atom. The molecule has 0 bridgehead atoms. The molecular formula is C9H15N. The van der Waals surface area contributed by atoms with Crippen LogP contribution in [0.4, 0.5) is 0 Å². The molecule has 0 heterocycles. The highest BCUT2D eigenvalue weighted by Crippen LogP contribution is 2.18. The van der Waals surface area contributed by atoms with Crippen molar-refractivity contribution in [3.05, 3.63) is 23.9 Å². The Morgan fingerprint density at radius 3 is 3.00 bits per heavy atom. The van der Waals surface area contributed by atoms with E-state index in [9.17, 15) is 0 Å². The Hall–Kier alpha value is -0.720. The first-order chi connectivity index (χ1) is 4.83. The standard InChI is InChI=1S/C9H15N/c1-2-3-8-4-6-9(10)7-5-8/h4,6-8H,2-3,5,10H2,1H3. The second-order valence-electron chi connectivity index (χ2n) is 2.85. The third kappa shape index (κ3) is 1.90. The Balaban J connectivity index is 2.37. The summed E-state index contributed by atoms with van der Waals surface area (Å²) in [4.78, 5) is 0. The predicted molar refractivity (Wildman–Crippen MR) is 44.4 cm³/mol. The molecule has 1 heteroatoms. The van der Waals surface area contributed by atoms with E-state index in [1.165, 1.54) is 12.8 Å². The van der Waals surface area contributed by atoms with Gasteiger partial charge in [0.1, 0.15) is 0 Å². The summed E-state index contributed by atoms with van der Waals surface area (Å²) in [5.41, 5.74) is 6.49. The minimum Gasteiger partial charge on any atom is -0.399 e. The molecule has 0 spiro atoms. The van der Waals surface area contributed by atoms with Crippen LogP contribution < -0.4 is 5.73 Å². The number of rotatable bonds is 2. The second kappa shape index (κ2) is 3.45. The molecule has 0 aliphatic heterocycles. The van der Waals surface area contributed by atoms with Gasteiger partial charge in [-0.2, -0.15) is 0 Å². The number of nitrogens with two attached hydrogens (primary N) is 1. The molecule has 2 N–H and O–H groups in total. The minimum absolute atomic E-state index is 0.747. The SMILES string of the molecule is CCCC1C=CC(N)=CC1. The van der Waals surface area contributed by atoms with E-state index in [1.54, 1.807) is 0 Å². The Morgan fingerprint density at radius 1 is 1.70 bits per heavy atom. The van der Waals surface area contributed by atoms with Crippen molar-refractivity contribution in [2.45, 2.75) is 26.2 Å². The van der Waals surface area contributed by atoms with Gasteiger partial charge in [-0.25, -0.2) is 0 Å². The van der Waals surface area contributed by atoms with Crippen LogP contribution in [0.5, 0.6) is 0 Å². The lowest BCUT2D eigenvalue weighted by Crippen LogP contribution is -2.03. The molecule has 1 aliphatic carbocycles. The third-order valence-corrected chi connectivity index (χ3v) is 1.88. The molecule has 10 heavy (non-hydrogen) atoms. The number of allylic oxidation sites excluding steroid dienone is 3. The van der Waals surface area contributed by atoms with Gasteiger partial charge in [0.25, 0.3) is 0 Å². The molecule has 0 saturated carbocycles. The average molecular weight is 137 g/mol. The summed E-state index contributed by atoms with van der Waals surface area (Å²) in [6.07, 6.45) is 10.0. The Bertz CT molecular complexity index is 156. The Labute approximate surface area is 62.6 Å². The molecule has 0 aromatic heterocycles. The molecule has 1 rings (SSSR count). The van der Waals surface area contributed by atoms with Crippen LogP contribution in [-0.4, -0.2) is 0 Å². The van der Waals surface area contributed by atoms with Crippen LogP contribution >= 0.6 is 0 Å². The maximum Gasteiger partial charge on any atom is 0.0270 e. The molecule has 1 atom stereocenters. The molecule has 1 nitrogen and oxygen atoms in total. The third-order valence-electron chi connectivity index (χ3n) is 1.88. The fourth-order valence-electron chi connectivity index (χ4n) is 1.27. The van der Waals surface area contributed by atoms with Crippen molar-refractivity contribution in [2.75, 3.05) is 0 Å². The fraction of sp³-hybridized carbons (Fsp3) is 0.556. The van der Waals surface area contributed by atoms with Crippen molar-refractivity contribution < 1.29 is 0 Å². The summed E-state index contributed by atoms with van der Waals surface area (Å²) in [7, 11) is 0. The highest BCUT2D eigenvalue weighted by molar-refractivity contribution is 5.20. The smallest absolute Gasteiger partial charge is 0.0270 e. The van der Waals surface area contributed by atoms with Crippen LogP contribution in [0.3, 0.4) is 0 Å². The van der Waals surface area contributed by atoms with Crippen LogP contribution in [0.25, 0.3) is 0 Å². The summed E-state index contributed by atoms with van der Waals surface area (Å²) in [5.74, 6) is 0.747. The van der Waals surface area contributed by atoms with Crippen molar-refractivity contribution in [1.82, 2.24) is 0 Å². The van der Waals surface area contributed by atoms with Crippen LogP contribution in [0.1, 0.15) is 26.2 Å². The van der Waals surface area contributed by atoms with Gasteiger partial charge < -0.3 is 5.73 Å². The lowest BCUT2D eigenvalue weighted by Gasteiger charge is -2.12. The van der Waals surface area contributed by atoms with Gasteiger partial charge in [-0.15, -0.1) is 0 Å². The van der Waals surface area contributed by atoms with Gasteiger partial charge in [0.15, 0.2) is 0 Å². The average Bonchev–Trinajstić information content (AvgIpc) is 1.95. The topological polar surface area (TPSA) is 26.0 Å². The molecule has 1 unspecified atom stereocenters. The molecule has 1 aliphatic rings.